The molecule has 2 heterocycles. The Bertz CT molecular complexity index is 1220. The molecule has 1 atom stereocenters. The first-order valence-corrected chi connectivity index (χ1v) is 10.5. The van der Waals surface area contributed by atoms with E-state index in [0.29, 0.717) is 17.9 Å². The number of rotatable bonds is 4. The first-order valence-electron chi connectivity index (χ1n) is 10.5. The van der Waals surface area contributed by atoms with E-state index in [1.807, 2.05) is 96.5 Å². The Kier molecular flexibility index (Phi) is 5.00. The summed E-state index contributed by atoms with van der Waals surface area (Å²) in [4.78, 5) is 13.6. The minimum atomic E-state index is -0.125. The molecule has 0 bridgehead atoms. The van der Waals surface area contributed by atoms with E-state index in [2.05, 4.69) is 5.32 Å². The van der Waals surface area contributed by atoms with Crippen molar-refractivity contribution in [2.24, 2.45) is 0 Å². The van der Waals surface area contributed by atoms with E-state index in [4.69, 9.17) is 9.84 Å². The summed E-state index contributed by atoms with van der Waals surface area (Å²) in [5.74, 6) is 0.708. The SMILES string of the molecule is Cc1c(C(=O)NC2CCOc3ccccc32)c(-c2ccccc2)nn1-c1ccccc1. The highest BCUT2D eigenvalue weighted by molar-refractivity contribution is 6.01. The average Bonchev–Trinajstić information content (AvgIpc) is 3.17. The topological polar surface area (TPSA) is 56.1 Å². The Balaban J connectivity index is 1.57. The summed E-state index contributed by atoms with van der Waals surface area (Å²) in [6.45, 7) is 2.52. The van der Waals surface area contributed by atoms with Crippen molar-refractivity contribution in [2.75, 3.05) is 6.61 Å². The molecule has 5 nitrogen and oxygen atoms in total. The fourth-order valence-corrected chi connectivity index (χ4v) is 4.12. The number of nitrogens with zero attached hydrogens (tertiary/aromatic N) is 2. The molecule has 154 valence electrons. The van der Waals surface area contributed by atoms with Crippen LogP contribution < -0.4 is 10.1 Å². The van der Waals surface area contributed by atoms with Gasteiger partial charge in [0.25, 0.3) is 5.91 Å². The Morgan fingerprint density at radius 2 is 1.65 bits per heavy atom. The number of amides is 1. The molecule has 0 aliphatic carbocycles. The molecule has 0 saturated carbocycles. The summed E-state index contributed by atoms with van der Waals surface area (Å²) >= 11 is 0. The predicted molar refractivity (Wildman–Crippen MR) is 120 cm³/mol. The second kappa shape index (κ2) is 8.11. The van der Waals surface area contributed by atoms with E-state index in [1.165, 1.54) is 0 Å². The van der Waals surface area contributed by atoms with Gasteiger partial charge >= 0.3 is 0 Å². The van der Waals surface area contributed by atoms with Crippen molar-refractivity contribution in [2.45, 2.75) is 19.4 Å². The zero-order valence-corrected chi connectivity index (χ0v) is 17.3. The van der Waals surface area contributed by atoms with Gasteiger partial charge in [-0.3, -0.25) is 4.79 Å². The van der Waals surface area contributed by atoms with E-state index in [0.717, 1.165) is 34.7 Å². The fourth-order valence-electron chi connectivity index (χ4n) is 4.12. The van der Waals surface area contributed by atoms with Crippen LogP contribution in [0.2, 0.25) is 0 Å². The smallest absolute Gasteiger partial charge is 0.255 e. The molecule has 0 fully saturated rings. The first-order chi connectivity index (χ1) is 15.2. The largest absolute Gasteiger partial charge is 0.493 e. The minimum absolute atomic E-state index is 0.0967. The minimum Gasteiger partial charge on any atom is -0.493 e. The molecule has 5 heteroatoms. The van der Waals surface area contributed by atoms with Gasteiger partial charge in [-0.2, -0.15) is 5.10 Å². The lowest BCUT2D eigenvalue weighted by Gasteiger charge is -2.26. The summed E-state index contributed by atoms with van der Waals surface area (Å²) in [6, 6.07) is 27.5. The van der Waals surface area contributed by atoms with E-state index >= 15 is 0 Å². The summed E-state index contributed by atoms with van der Waals surface area (Å²) in [5, 5.41) is 8.07. The van der Waals surface area contributed by atoms with Gasteiger partial charge in [0.1, 0.15) is 11.4 Å². The maximum atomic E-state index is 13.6. The first kappa shape index (κ1) is 19.1. The van der Waals surface area contributed by atoms with E-state index in [9.17, 15) is 4.79 Å². The van der Waals surface area contributed by atoms with Crippen molar-refractivity contribution in [3.8, 4) is 22.7 Å². The lowest BCUT2D eigenvalue weighted by molar-refractivity contribution is 0.0925. The molecular weight excluding hydrogens is 386 g/mol. The third-order valence-corrected chi connectivity index (χ3v) is 5.66. The van der Waals surface area contributed by atoms with Crippen LogP contribution in [0.4, 0.5) is 0 Å². The normalized spacial score (nSPS) is 15.1. The van der Waals surface area contributed by atoms with Gasteiger partial charge in [0.15, 0.2) is 0 Å². The lowest BCUT2D eigenvalue weighted by atomic mass is 9.99. The van der Waals surface area contributed by atoms with Gasteiger partial charge in [-0.05, 0) is 25.1 Å². The van der Waals surface area contributed by atoms with Crippen LogP contribution in [0.25, 0.3) is 16.9 Å². The number of benzene rings is 3. The van der Waals surface area contributed by atoms with Gasteiger partial charge in [-0.25, -0.2) is 4.68 Å². The summed E-state index contributed by atoms with van der Waals surface area (Å²) < 4.78 is 7.59. The van der Waals surface area contributed by atoms with Crippen LogP contribution in [-0.2, 0) is 0 Å². The highest BCUT2D eigenvalue weighted by atomic mass is 16.5. The van der Waals surface area contributed by atoms with Gasteiger partial charge in [0.05, 0.1) is 29.6 Å². The molecule has 1 aliphatic heterocycles. The van der Waals surface area contributed by atoms with Crippen LogP contribution >= 0.6 is 0 Å². The molecular formula is C26H23N3O2. The number of fused-ring (bicyclic) bond motifs is 1. The van der Waals surface area contributed by atoms with Crippen molar-refractivity contribution >= 4 is 5.91 Å². The Morgan fingerprint density at radius 3 is 2.42 bits per heavy atom. The fraction of sp³-hybridized carbons (Fsp3) is 0.154. The second-order valence-electron chi connectivity index (χ2n) is 7.62. The highest BCUT2D eigenvalue weighted by Crippen LogP contribution is 2.33. The Morgan fingerprint density at radius 1 is 0.968 bits per heavy atom. The molecule has 0 spiro atoms. The number of hydrogen-bond acceptors (Lipinski definition) is 3. The van der Waals surface area contributed by atoms with E-state index in [1.54, 1.807) is 0 Å². The summed E-state index contributed by atoms with van der Waals surface area (Å²) in [5.41, 5.74) is 4.93. The summed E-state index contributed by atoms with van der Waals surface area (Å²) in [6.07, 6.45) is 0.731. The van der Waals surface area contributed by atoms with E-state index < -0.39 is 0 Å². The van der Waals surface area contributed by atoms with Gasteiger partial charge in [0.2, 0.25) is 0 Å². The lowest BCUT2D eigenvalue weighted by Crippen LogP contribution is -2.32. The molecule has 1 N–H and O–H groups in total. The van der Waals surface area contributed by atoms with Gasteiger partial charge in [-0.1, -0.05) is 66.7 Å². The maximum absolute atomic E-state index is 13.6. The molecule has 1 aliphatic rings. The van der Waals surface area contributed by atoms with Crippen molar-refractivity contribution in [3.63, 3.8) is 0 Å². The van der Waals surface area contributed by atoms with Crippen LogP contribution in [0.3, 0.4) is 0 Å². The second-order valence-corrected chi connectivity index (χ2v) is 7.62. The van der Waals surface area contributed by atoms with Gasteiger partial charge in [-0.15, -0.1) is 0 Å². The third-order valence-electron chi connectivity index (χ3n) is 5.66. The van der Waals surface area contributed by atoms with Crippen LogP contribution in [-0.4, -0.2) is 22.3 Å². The number of aromatic nitrogens is 2. The standard InChI is InChI=1S/C26H23N3O2/c1-18-24(26(30)27-22-16-17-31-23-15-9-8-14-21(22)23)25(19-10-4-2-5-11-19)28-29(18)20-12-6-3-7-13-20/h2-15,22H,16-17H2,1H3,(H,27,30). The monoisotopic (exact) mass is 409 g/mol. The Hall–Kier alpha value is -3.86. The van der Waals surface area contributed by atoms with E-state index in [-0.39, 0.29) is 11.9 Å². The molecule has 31 heavy (non-hydrogen) atoms. The van der Waals surface area contributed by atoms with Gasteiger partial charge < -0.3 is 10.1 Å². The zero-order chi connectivity index (χ0) is 21.2. The van der Waals surface area contributed by atoms with Crippen LogP contribution in [0.5, 0.6) is 5.75 Å². The van der Waals surface area contributed by atoms with Crippen molar-refractivity contribution in [1.82, 2.24) is 15.1 Å². The number of ether oxygens (including phenoxy) is 1. The van der Waals surface area contributed by atoms with Crippen LogP contribution in [0, 0.1) is 6.92 Å². The quantitative estimate of drug-likeness (QED) is 0.510. The molecule has 1 unspecified atom stereocenters. The molecule has 4 aromatic rings. The number of nitrogens with one attached hydrogen (secondary N) is 1. The number of para-hydroxylation sites is 2. The predicted octanol–water partition coefficient (Wildman–Crippen LogP) is 5.10. The third kappa shape index (κ3) is 3.59. The highest BCUT2D eigenvalue weighted by Gasteiger charge is 2.28. The number of carbonyl (C=O) groups is 1. The Labute approximate surface area is 181 Å². The molecule has 0 radical (unpaired) electrons. The zero-order valence-electron chi connectivity index (χ0n) is 17.3. The molecule has 3 aromatic carbocycles. The van der Waals surface area contributed by atoms with Crippen molar-refractivity contribution in [1.29, 1.82) is 0 Å². The average molecular weight is 409 g/mol. The van der Waals surface area contributed by atoms with Crippen molar-refractivity contribution in [3.05, 3.63) is 102 Å². The van der Waals surface area contributed by atoms with Crippen molar-refractivity contribution < 1.29 is 9.53 Å². The van der Waals surface area contributed by atoms with Crippen LogP contribution in [0.15, 0.2) is 84.9 Å². The summed E-state index contributed by atoms with van der Waals surface area (Å²) in [7, 11) is 0. The van der Waals surface area contributed by atoms with Gasteiger partial charge in [0, 0.05) is 17.5 Å². The number of hydrogen-bond donors (Lipinski definition) is 1. The van der Waals surface area contributed by atoms with Crippen LogP contribution in [0.1, 0.15) is 34.1 Å². The molecule has 5 rings (SSSR count). The molecule has 1 aromatic heterocycles. The number of carbonyl (C=O) groups excluding carboxylic acids is 1. The molecule has 1 amide bonds. The molecule has 0 saturated heterocycles. The maximum Gasteiger partial charge on any atom is 0.255 e.